The minimum atomic E-state index is 0.327. The van der Waals surface area contributed by atoms with Crippen molar-refractivity contribution in [2.75, 3.05) is 12.9 Å². The number of aryl methyl sites for hydroxylation is 1. The number of nitrogens with two attached hydrogens (primary N) is 1. The summed E-state index contributed by atoms with van der Waals surface area (Å²) >= 11 is 2.03. The van der Waals surface area contributed by atoms with Crippen LogP contribution in [0, 0.1) is 6.92 Å². The van der Waals surface area contributed by atoms with Crippen LogP contribution in [-0.4, -0.2) is 24.2 Å². The van der Waals surface area contributed by atoms with E-state index in [2.05, 4.69) is 24.5 Å². The molecule has 2 rings (SSSR count). The molecule has 0 radical (unpaired) electrons. The van der Waals surface area contributed by atoms with Gasteiger partial charge in [0.2, 0.25) is 0 Å². The molecule has 0 aliphatic carbocycles. The Labute approximate surface area is 113 Å². The van der Waals surface area contributed by atoms with Crippen LogP contribution in [0.15, 0.2) is 18.2 Å². The van der Waals surface area contributed by atoms with E-state index in [0.717, 1.165) is 12.2 Å². The van der Waals surface area contributed by atoms with Gasteiger partial charge in [0.1, 0.15) is 5.75 Å². The van der Waals surface area contributed by atoms with Crippen LogP contribution in [0.3, 0.4) is 0 Å². The number of methoxy groups -OCH3 is 1. The topological polar surface area (TPSA) is 47.3 Å². The van der Waals surface area contributed by atoms with Crippen molar-refractivity contribution < 1.29 is 4.74 Å². The molecular formula is C14H22N2OS. The number of benzene rings is 1. The van der Waals surface area contributed by atoms with Gasteiger partial charge in [-0.2, -0.15) is 11.8 Å². The average Bonchev–Trinajstić information content (AvgIpc) is 2.90. The van der Waals surface area contributed by atoms with Crippen LogP contribution < -0.4 is 16.0 Å². The summed E-state index contributed by atoms with van der Waals surface area (Å²) in [6.45, 7) is 2.11. The lowest BCUT2D eigenvalue weighted by atomic mass is 9.99. The largest absolute Gasteiger partial charge is 0.496 e. The second kappa shape index (κ2) is 6.45. The van der Waals surface area contributed by atoms with Gasteiger partial charge >= 0.3 is 0 Å². The first kappa shape index (κ1) is 13.7. The lowest BCUT2D eigenvalue weighted by Gasteiger charge is -2.23. The number of ether oxygens (including phenoxy) is 1. The molecule has 4 heteroatoms. The van der Waals surface area contributed by atoms with E-state index in [-0.39, 0.29) is 0 Å². The van der Waals surface area contributed by atoms with Gasteiger partial charge in [0.15, 0.2) is 0 Å². The highest BCUT2D eigenvalue weighted by Gasteiger charge is 2.25. The summed E-state index contributed by atoms with van der Waals surface area (Å²) in [5.41, 5.74) is 5.49. The summed E-state index contributed by atoms with van der Waals surface area (Å²) in [5.74, 6) is 7.95. The van der Waals surface area contributed by atoms with Gasteiger partial charge in [-0.15, -0.1) is 0 Å². The highest BCUT2D eigenvalue weighted by atomic mass is 32.2. The van der Waals surface area contributed by atoms with Gasteiger partial charge in [0.25, 0.3) is 0 Å². The fraction of sp³-hybridized carbons (Fsp3) is 0.571. The van der Waals surface area contributed by atoms with E-state index >= 15 is 0 Å². The molecule has 0 bridgehead atoms. The molecule has 0 saturated carbocycles. The minimum Gasteiger partial charge on any atom is -0.496 e. The quantitative estimate of drug-likeness (QED) is 0.634. The van der Waals surface area contributed by atoms with E-state index < -0.39 is 0 Å². The molecule has 3 nitrogen and oxygen atoms in total. The molecule has 18 heavy (non-hydrogen) atoms. The van der Waals surface area contributed by atoms with E-state index in [1.54, 1.807) is 7.11 Å². The monoisotopic (exact) mass is 266 g/mol. The third-order valence-electron chi connectivity index (χ3n) is 3.50. The third-order valence-corrected chi connectivity index (χ3v) is 5.02. The van der Waals surface area contributed by atoms with Gasteiger partial charge in [-0.1, -0.05) is 17.7 Å². The first-order valence-electron chi connectivity index (χ1n) is 6.46. The van der Waals surface area contributed by atoms with Gasteiger partial charge in [-0.25, -0.2) is 0 Å². The summed E-state index contributed by atoms with van der Waals surface area (Å²) in [4.78, 5) is 0. The standard InChI is InChI=1S/C14H22N2OS/c1-10-5-6-13(17-2)11(8-10)9-12(16-15)14-4-3-7-18-14/h5-6,8,12,14,16H,3-4,7,9,15H2,1-2H3. The van der Waals surface area contributed by atoms with Crippen molar-refractivity contribution in [2.45, 2.75) is 37.5 Å². The summed E-state index contributed by atoms with van der Waals surface area (Å²) in [6, 6.07) is 6.65. The van der Waals surface area contributed by atoms with Crippen molar-refractivity contribution in [1.82, 2.24) is 5.43 Å². The smallest absolute Gasteiger partial charge is 0.122 e. The molecule has 0 spiro atoms. The summed E-state index contributed by atoms with van der Waals surface area (Å²) in [6.07, 6.45) is 3.49. The Morgan fingerprint density at radius 2 is 2.39 bits per heavy atom. The molecule has 3 N–H and O–H groups in total. The van der Waals surface area contributed by atoms with E-state index in [1.165, 1.54) is 29.7 Å². The predicted octanol–water partition coefficient (Wildman–Crippen LogP) is 2.27. The van der Waals surface area contributed by atoms with Crippen LogP contribution in [0.5, 0.6) is 5.75 Å². The number of hydrazine groups is 1. The zero-order chi connectivity index (χ0) is 13.0. The first-order valence-corrected chi connectivity index (χ1v) is 7.50. The molecule has 1 aromatic carbocycles. The van der Waals surface area contributed by atoms with Gasteiger partial charge in [-0.05, 0) is 43.6 Å². The Kier molecular flexibility index (Phi) is 4.92. The molecule has 1 aliphatic heterocycles. The van der Waals surface area contributed by atoms with Crippen LogP contribution >= 0.6 is 11.8 Å². The molecule has 1 fully saturated rings. The van der Waals surface area contributed by atoms with E-state index in [0.29, 0.717) is 11.3 Å². The molecule has 0 aromatic heterocycles. The number of thioether (sulfide) groups is 1. The lowest BCUT2D eigenvalue weighted by molar-refractivity contribution is 0.403. The Balaban J connectivity index is 2.12. The Hall–Kier alpha value is -0.710. The zero-order valence-corrected chi connectivity index (χ0v) is 11.9. The van der Waals surface area contributed by atoms with E-state index in [1.807, 2.05) is 17.8 Å². The summed E-state index contributed by atoms with van der Waals surface area (Å²) < 4.78 is 5.43. The summed E-state index contributed by atoms with van der Waals surface area (Å²) in [5, 5.41) is 0.625. The molecule has 2 atom stereocenters. The predicted molar refractivity (Wildman–Crippen MR) is 78.0 cm³/mol. The third kappa shape index (κ3) is 3.19. The molecule has 0 amide bonds. The second-order valence-electron chi connectivity index (χ2n) is 4.84. The highest BCUT2D eigenvalue weighted by Crippen LogP contribution is 2.31. The fourth-order valence-electron chi connectivity index (χ4n) is 2.52. The van der Waals surface area contributed by atoms with Gasteiger partial charge in [0, 0.05) is 11.3 Å². The molecular weight excluding hydrogens is 244 g/mol. The Morgan fingerprint density at radius 3 is 3.00 bits per heavy atom. The van der Waals surface area contributed by atoms with Crippen LogP contribution in [-0.2, 0) is 6.42 Å². The maximum Gasteiger partial charge on any atom is 0.122 e. The molecule has 1 aliphatic rings. The first-order chi connectivity index (χ1) is 8.74. The SMILES string of the molecule is COc1ccc(C)cc1CC(NN)C1CCCS1. The van der Waals surface area contributed by atoms with Gasteiger partial charge in [-0.3, -0.25) is 11.3 Å². The van der Waals surface area contributed by atoms with Gasteiger partial charge < -0.3 is 4.74 Å². The average molecular weight is 266 g/mol. The molecule has 1 saturated heterocycles. The molecule has 100 valence electrons. The van der Waals surface area contributed by atoms with Crippen molar-refractivity contribution in [1.29, 1.82) is 0 Å². The Morgan fingerprint density at radius 1 is 1.56 bits per heavy atom. The number of hydrogen-bond donors (Lipinski definition) is 2. The van der Waals surface area contributed by atoms with Gasteiger partial charge in [0.05, 0.1) is 7.11 Å². The van der Waals surface area contributed by atoms with Crippen LogP contribution in [0.1, 0.15) is 24.0 Å². The molecule has 1 heterocycles. The van der Waals surface area contributed by atoms with Crippen molar-refractivity contribution in [3.8, 4) is 5.75 Å². The summed E-state index contributed by atoms with van der Waals surface area (Å²) in [7, 11) is 1.73. The van der Waals surface area contributed by atoms with Crippen LogP contribution in [0.4, 0.5) is 0 Å². The van der Waals surface area contributed by atoms with Crippen molar-refractivity contribution >= 4 is 11.8 Å². The fourth-order valence-corrected chi connectivity index (χ4v) is 3.90. The van der Waals surface area contributed by atoms with E-state index in [9.17, 15) is 0 Å². The van der Waals surface area contributed by atoms with Crippen molar-refractivity contribution in [3.05, 3.63) is 29.3 Å². The van der Waals surface area contributed by atoms with Crippen LogP contribution in [0.2, 0.25) is 0 Å². The zero-order valence-electron chi connectivity index (χ0n) is 11.1. The van der Waals surface area contributed by atoms with Crippen molar-refractivity contribution in [3.63, 3.8) is 0 Å². The second-order valence-corrected chi connectivity index (χ2v) is 6.19. The number of hydrogen-bond acceptors (Lipinski definition) is 4. The van der Waals surface area contributed by atoms with Crippen LogP contribution in [0.25, 0.3) is 0 Å². The van der Waals surface area contributed by atoms with Crippen molar-refractivity contribution in [2.24, 2.45) is 5.84 Å². The molecule has 2 unspecified atom stereocenters. The number of nitrogens with one attached hydrogen (secondary N) is 1. The van der Waals surface area contributed by atoms with E-state index in [4.69, 9.17) is 10.6 Å². The maximum atomic E-state index is 5.73. The molecule has 1 aromatic rings. The minimum absolute atomic E-state index is 0.327. The number of rotatable bonds is 5. The normalized spacial score (nSPS) is 20.9. The maximum absolute atomic E-state index is 5.73. The highest BCUT2D eigenvalue weighted by molar-refractivity contribution is 8.00. The Bertz CT molecular complexity index is 391. The lowest BCUT2D eigenvalue weighted by Crippen LogP contribution is -2.43.